The topological polar surface area (TPSA) is 77.0 Å². The Morgan fingerprint density at radius 2 is 2.24 bits per heavy atom. The molecule has 2 N–H and O–H groups in total. The van der Waals surface area contributed by atoms with Crippen molar-refractivity contribution in [3.63, 3.8) is 0 Å². The van der Waals surface area contributed by atoms with E-state index in [2.05, 4.69) is 9.97 Å². The molecule has 0 spiro atoms. The van der Waals surface area contributed by atoms with Crippen molar-refractivity contribution >= 4 is 5.82 Å². The van der Waals surface area contributed by atoms with Crippen LogP contribution in [-0.4, -0.2) is 27.6 Å². The molecule has 2 aromatic rings. The number of nitrogens with two attached hydrogens (primary N) is 1. The molecule has 2 rings (SSSR count). The summed E-state index contributed by atoms with van der Waals surface area (Å²) in [4.78, 5) is 22.8. The SMILES string of the molecule is CCn1ccnc(N(CCCN)Cc2cccnc2)c1=O. The normalized spacial score (nSPS) is 10.6. The Morgan fingerprint density at radius 3 is 2.90 bits per heavy atom. The van der Waals surface area contributed by atoms with Crippen molar-refractivity contribution < 1.29 is 0 Å². The molecule has 0 aliphatic heterocycles. The van der Waals surface area contributed by atoms with Crippen LogP contribution in [0.4, 0.5) is 5.82 Å². The summed E-state index contributed by atoms with van der Waals surface area (Å²) in [5, 5.41) is 0. The van der Waals surface area contributed by atoms with Crippen LogP contribution in [0.5, 0.6) is 0 Å². The van der Waals surface area contributed by atoms with E-state index in [0.717, 1.165) is 12.0 Å². The number of aromatic nitrogens is 3. The van der Waals surface area contributed by atoms with Crippen molar-refractivity contribution in [1.82, 2.24) is 14.5 Å². The van der Waals surface area contributed by atoms with Gasteiger partial charge in [-0.1, -0.05) is 6.07 Å². The minimum absolute atomic E-state index is 0.0686. The molecule has 112 valence electrons. The molecule has 0 saturated heterocycles. The monoisotopic (exact) mass is 287 g/mol. The number of nitrogens with zero attached hydrogens (tertiary/aromatic N) is 4. The van der Waals surface area contributed by atoms with Crippen LogP contribution in [-0.2, 0) is 13.1 Å². The van der Waals surface area contributed by atoms with Gasteiger partial charge in [0.05, 0.1) is 0 Å². The molecule has 2 aromatic heterocycles. The average molecular weight is 287 g/mol. The third-order valence-corrected chi connectivity index (χ3v) is 3.26. The van der Waals surface area contributed by atoms with Crippen LogP contribution >= 0.6 is 0 Å². The Bertz CT molecular complexity index is 611. The van der Waals surface area contributed by atoms with E-state index >= 15 is 0 Å². The number of rotatable bonds is 7. The maximum absolute atomic E-state index is 12.4. The summed E-state index contributed by atoms with van der Waals surface area (Å²) >= 11 is 0. The van der Waals surface area contributed by atoms with Gasteiger partial charge >= 0.3 is 0 Å². The molecule has 0 radical (unpaired) electrons. The predicted octanol–water partition coefficient (Wildman–Crippen LogP) is 1.01. The van der Waals surface area contributed by atoms with E-state index in [-0.39, 0.29) is 5.56 Å². The van der Waals surface area contributed by atoms with Crippen LogP contribution in [0.3, 0.4) is 0 Å². The van der Waals surface area contributed by atoms with Crippen molar-refractivity contribution in [3.05, 3.63) is 52.8 Å². The third kappa shape index (κ3) is 3.88. The van der Waals surface area contributed by atoms with Gasteiger partial charge in [-0.3, -0.25) is 9.78 Å². The minimum atomic E-state index is -0.0686. The van der Waals surface area contributed by atoms with Gasteiger partial charge in [0.2, 0.25) is 0 Å². The fraction of sp³-hybridized carbons (Fsp3) is 0.400. The molecule has 0 fully saturated rings. The zero-order valence-corrected chi connectivity index (χ0v) is 12.3. The standard InChI is InChI=1S/C15H21N5O/c1-2-19-10-8-18-14(15(19)21)20(9-4-6-16)12-13-5-3-7-17-11-13/h3,5,7-8,10-11H,2,4,6,9,12,16H2,1H3. The van der Waals surface area contributed by atoms with Crippen molar-refractivity contribution in [2.24, 2.45) is 5.73 Å². The fourth-order valence-corrected chi connectivity index (χ4v) is 2.16. The van der Waals surface area contributed by atoms with Gasteiger partial charge in [0, 0.05) is 44.4 Å². The van der Waals surface area contributed by atoms with E-state index in [1.54, 1.807) is 29.4 Å². The lowest BCUT2D eigenvalue weighted by molar-refractivity contribution is 0.679. The molecule has 0 amide bonds. The summed E-state index contributed by atoms with van der Waals surface area (Å²) in [6.45, 7) is 4.45. The van der Waals surface area contributed by atoms with E-state index in [4.69, 9.17) is 5.73 Å². The van der Waals surface area contributed by atoms with Gasteiger partial charge in [-0.05, 0) is 31.5 Å². The predicted molar refractivity (Wildman–Crippen MR) is 83.1 cm³/mol. The van der Waals surface area contributed by atoms with Crippen LogP contribution in [0.1, 0.15) is 18.9 Å². The molecule has 0 atom stereocenters. The highest BCUT2D eigenvalue weighted by Gasteiger charge is 2.13. The number of aryl methyl sites for hydroxylation is 1. The van der Waals surface area contributed by atoms with E-state index < -0.39 is 0 Å². The summed E-state index contributed by atoms with van der Waals surface area (Å²) in [7, 11) is 0. The molecular weight excluding hydrogens is 266 g/mol. The second kappa shape index (κ2) is 7.54. The van der Waals surface area contributed by atoms with E-state index in [9.17, 15) is 4.79 Å². The molecule has 21 heavy (non-hydrogen) atoms. The summed E-state index contributed by atoms with van der Waals surface area (Å²) in [5.41, 5.74) is 6.58. The molecule has 0 aliphatic rings. The maximum atomic E-state index is 12.4. The highest BCUT2D eigenvalue weighted by molar-refractivity contribution is 5.37. The summed E-state index contributed by atoms with van der Waals surface area (Å²) in [6, 6.07) is 3.88. The molecular formula is C15H21N5O. The van der Waals surface area contributed by atoms with Gasteiger partial charge in [0.15, 0.2) is 5.82 Å². The van der Waals surface area contributed by atoms with E-state index in [0.29, 0.717) is 32.0 Å². The number of anilines is 1. The number of hydrogen-bond donors (Lipinski definition) is 1. The Balaban J connectivity index is 2.29. The Kier molecular flexibility index (Phi) is 5.45. The lowest BCUT2D eigenvalue weighted by Gasteiger charge is -2.23. The number of hydrogen-bond acceptors (Lipinski definition) is 5. The van der Waals surface area contributed by atoms with Gasteiger partial charge in [0.25, 0.3) is 5.56 Å². The van der Waals surface area contributed by atoms with Crippen molar-refractivity contribution in [2.45, 2.75) is 26.4 Å². The average Bonchev–Trinajstić information content (AvgIpc) is 2.53. The molecule has 0 unspecified atom stereocenters. The molecule has 2 heterocycles. The lowest BCUT2D eigenvalue weighted by atomic mass is 10.2. The third-order valence-electron chi connectivity index (χ3n) is 3.26. The summed E-state index contributed by atoms with van der Waals surface area (Å²) < 4.78 is 1.65. The molecule has 6 nitrogen and oxygen atoms in total. The van der Waals surface area contributed by atoms with Gasteiger partial charge in [-0.25, -0.2) is 4.98 Å². The van der Waals surface area contributed by atoms with E-state index in [1.807, 2.05) is 24.0 Å². The van der Waals surface area contributed by atoms with Crippen LogP contribution in [0.2, 0.25) is 0 Å². The zero-order chi connectivity index (χ0) is 15.1. The van der Waals surface area contributed by atoms with Crippen LogP contribution < -0.4 is 16.2 Å². The molecule has 0 saturated carbocycles. The van der Waals surface area contributed by atoms with E-state index in [1.165, 1.54) is 0 Å². The second-order valence-electron chi connectivity index (χ2n) is 4.77. The zero-order valence-electron chi connectivity index (χ0n) is 12.3. The Hall–Kier alpha value is -2.21. The first kappa shape index (κ1) is 15.2. The van der Waals surface area contributed by atoms with Gasteiger partial charge < -0.3 is 15.2 Å². The maximum Gasteiger partial charge on any atom is 0.293 e. The Morgan fingerprint density at radius 1 is 1.38 bits per heavy atom. The van der Waals surface area contributed by atoms with Gasteiger partial charge in [-0.15, -0.1) is 0 Å². The van der Waals surface area contributed by atoms with Gasteiger partial charge in [0.1, 0.15) is 0 Å². The van der Waals surface area contributed by atoms with Crippen molar-refractivity contribution in [1.29, 1.82) is 0 Å². The highest BCUT2D eigenvalue weighted by Crippen LogP contribution is 2.10. The van der Waals surface area contributed by atoms with Crippen LogP contribution in [0.25, 0.3) is 0 Å². The van der Waals surface area contributed by atoms with Crippen molar-refractivity contribution in [3.8, 4) is 0 Å². The molecule has 0 bridgehead atoms. The summed E-state index contributed by atoms with van der Waals surface area (Å²) in [5.74, 6) is 0.469. The molecule has 0 aromatic carbocycles. The fourth-order valence-electron chi connectivity index (χ4n) is 2.16. The quantitative estimate of drug-likeness (QED) is 0.822. The first-order valence-corrected chi connectivity index (χ1v) is 7.15. The highest BCUT2D eigenvalue weighted by atomic mass is 16.1. The lowest BCUT2D eigenvalue weighted by Crippen LogP contribution is -2.34. The van der Waals surface area contributed by atoms with Crippen LogP contribution in [0.15, 0.2) is 41.7 Å². The van der Waals surface area contributed by atoms with Gasteiger partial charge in [-0.2, -0.15) is 0 Å². The summed E-state index contributed by atoms with van der Waals surface area (Å²) in [6.07, 6.45) is 7.72. The smallest absolute Gasteiger partial charge is 0.293 e. The molecule has 6 heteroatoms. The van der Waals surface area contributed by atoms with Crippen LogP contribution in [0, 0.1) is 0 Å². The molecule has 0 aliphatic carbocycles. The Labute approximate surface area is 124 Å². The largest absolute Gasteiger partial charge is 0.348 e. The first-order valence-electron chi connectivity index (χ1n) is 7.15. The second-order valence-corrected chi connectivity index (χ2v) is 4.77. The van der Waals surface area contributed by atoms with Crippen molar-refractivity contribution in [2.75, 3.05) is 18.0 Å². The number of pyridine rings is 1. The minimum Gasteiger partial charge on any atom is -0.348 e. The first-order chi connectivity index (χ1) is 10.3.